The highest BCUT2D eigenvalue weighted by atomic mass is 16.4. The van der Waals surface area contributed by atoms with Crippen LogP contribution in [0.1, 0.15) is 26.2 Å². The van der Waals surface area contributed by atoms with Gasteiger partial charge in [0.25, 0.3) is 0 Å². The van der Waals surface area contributed by atoms with Crippen molar-refractivity contribution in [2.45, 2.75) is 38.3 Å². The van der Waals surface area contributed by atoms with E-state index in [0.29, 0.717) is 13.0 Å². The summed E-state index contributed by atoms with van der Waals surface area (Å²) in [5.74, 6) is -1.51. The number of carboxylic acids is 1. The zero-order chi connectivity index (χ0) is 13.0. The minimum atomic E-state index is -1.05. The number of carbonyl (C=O) groups excluding carboxylic acids is 1. The van der Waals surface area contributed by atoms with Gasteiger partial charge in [0, 0.05) is 18.9 Å². The lowest BCUT2D eigenvalue weighted by Crippen LogP contribution is -2.43. The summed E-state index contributed by atoms with van der Waals surface area (Å²) in [7, 11) is 0. The Kier molecular flexibility index (Phi) is 4.89. The molecule has 98 valence electrons. The van der Waals surface area contributed by atoms with Gasteiger partial charge < -0.3 is 20.8 Å². The van der Waals surface area contributed by atoms with Gasteiger partial charge in [0.1, 0.15) is 6.04 Å². The van der Waals surface area contributed by atoms with Gasteiger partial charge in [0.15, 0.2) is 0 Å². The molecule has 1 heterocycles. The van der Waals surface area contributed by atoms with Crippen LogP contribution < -0.4 is 5.73 Å². The van der Waals surface area contributed by atoms with Gasteiger partial charge in [-0.3, -0.25) is 4.79 Å². The number of amides is 1. The van der Waals surface area contributed by atoms with Crippen LogP contribution in [0.15, 0.2) is 0 Å². The SMILES string of the molecule is CC(CCCN)C(=O)N1C[C@H](O)C[C@H]1C(=O)O. The number of hydrogen-bond donors (Lipinski definition) is 3. The lowest BCUT2D eigenvalue weighted by molar-refractivity contribution is -0.149. The van der Waals surface area contributed by atoms with Crippen molar-refractivity contribution in [2.75, 3.05) is 13.1 Å². The molecule has 1 aliphatic heterocycles. The molecule has 1 rings (SSSR count). The highest BCUT2D eigenvalue weighted by Crippen LogP contribution is 2.22. The normalized spacial score (nSPS) is 25.9. The molecule has 1 unspecified atom stereocenters. The van der Waals surface area contributed by atoms with E-state index in [1.165, 1.54) is 4.90 Å². The molecule has 17 heavy (non-hydrogen) atoms. The third-order valence-electron chi connectivity index (χ3n) is 3.11. The van der Waals surface area contributed by atoms with E-state index in [1.807, 2.05) is 0 Å². The first-order chi connectivity index (χ1) is 7.97. The molecule has 0 aromatic carbocycles. The van der Waals surface area contributed by atoms with E-state index in [4.69, 9.17) is 10.8 Å². The quantitative estimate of drug-likeness (QED) is 0.599. The lowest BCUT2D eigenvalue weighted by Gasteiger charge is -2.24. The van der Waals surface area contributed by atoms with Crippen molar-refractivity contribution in [1.29, 1.82) is 0 Å². The Morgan fingerprint density at radius 3 is 2.71 bits per heavy atom. The second-order valence-corrected chi connectivity index (χ2v) is 4.57. The first-order valence-corrected chi connectivity index (χ1v) is 5.88. The summed E-state index contributed by atoms with van der Waals surface area (Å²) in [6, 6.07) is -0.891. The Morgan fingerprint density at radius 1 is 1.53 bits per heavy atom. The average molecular weight is 244 g/mol. The largest absolute Gasteiger partial charge is 0.480 e. The number of carboxylic acid groups (broad SMARTS) is 1. The molecule has 0 bridgehead atoms. The third-order valence-corrected chi connectivity index (χ3v) is 3.11. The summed E-state index contributed by atoms with van der Waals surface area (Å²) in [6.07, 6.45) is 0.766. The summed E-state index contributed by atoms with van der Waals surface area (Å²) in [5, 5.41) is 18.4. The molecule has 1 fully saturated rings. The first-order valence-electron chi connectivity index (χ1n) is 5.88. The van der Waals surface area contributed by atoms with Gasteiger partial charge in [0.2, 0.25) is 5.91 Å². The van der Waals surface area contributed by atoms with Crippen LogP contribution in [0.3, 0.4) is 0 Å². The first kappa shape index (κ1) is 13.9. The Morgan fingerprint density at radius 2 is 2.18 bits per heavy atom. The molecule has 0 saturated carbocycles. The van der Waals surface area contributed by atoms with E-state index in [0.717, 1.165) is 6.42 Å². The molecule has 3 atom stereocenters. The number of rotatable bonds is 5. The van der Waals surface area contributed by atoms with E-state index >= 15 is 0 Å². The molecule has 6 nitrogen and oxygen atoms in total. The number of aliphatic carboxylic acids is 1. The van der Waals surface area contributed by atoms with Gasteiger partial charge in [-0.25, -0.2) is 4.79 Å². The van der Waals surface area contributed by atoms with Crippen molar-refractivity contribution in [3.8, 4) is 0 Å². The maximum Gasteiger partial charge on any atom is 0.326 e. The maximum atomic E-state index is 12.0. The van der Waals surface area contributed by atoms with Crippen molar-refractivity contribution in [3.05, 3.63) is 0 Å². The molecule has 0 spiro atoms. The van der Waals surface area contributed by atoms with Crippen LogP contribution in [-0.4, -0.2) is 52.2 Å². The zero-order valence-corrected chi connectivity index (χ0v) is 10.0. The number of aliphatic hydroxyl groups excluding tert-OH is 1. The molecular formula is C11H20N2O4. The van der Waals surface area contributed by atoms with Gasteiger partial charge >= 0.3 is 5.97 Å². The van der Waals surface area contributed by atoms with E-state index in [-0.39, 0.29) is 24.8 Å². The minimum absolute atomic E-state index is 0.114. The number of aliphatic hydroxyl groups is 1. The summed E-state index contributed by atoms with van der Waals surface area (Å²) in [6.45, 7) is 2.40. The second kappa shape index (κ2) is 5.97. The number of β-amino-alcohol motifs (C(OH)–C–C–N with tert-alkyl or cyclic N) is 1. The number of hydrogen-bond acceptors (Lipinski definition) is 4. The predicted octanol–water partition coefficient (Wildman–Crippen LogP) is -0.592. The Hall–Kier alpha value is -1.14. The van der Waals surface area contributed by atoms with Crippen LogP contribution in [0.5, 0.6) is 0 Å². The van der Waals surface area contributed by atoms with Crippen LogP contribution in [0.25, 0.3) is 0 Å². The summed E-state index contributed by atoms with van der Waals surface area (Å²) in [4.78, 5) is 24.3. The molecule has 0 radical (unpaired) electrons. The van der Waals surface area contributed by atoms with Gasteiger partial charge in [0.05, 0.1) is 6.10 Å². The van der Waals surface area contributed by atoms with Crippen molar-refractivity contribution in [3.63, 3.8) is 0 Å². The van der Waals surface area contributed by atoms with Gasteiger partial charge in [-0.15, -0.1) is 0 Å². The highest BCUT2D eigenvalue weighted by molar-refractivity contribution is 5.85. The Balaban J connectivity index is 2.63. The lowest BCUT2D eigenvalue weighted by atomic mass is 10.0. The Labute approximate surface area is 100 Å². The topological polar surface area (TPSA) is 104 Å². The van der Waals surface area contributed by atoms with Crippen molar-refractivity contribution >= 4 is 11.9 Å². The molecule has 4 N–H and O–H groups in total. The Bertz CT molecular complexity index is 295. The van der Waals surface area contributed by atoms with Gasteiger partial charge in [-0.1, -0.05) is 6.92 Å². The molecule has 0 aromatic rings. The second-order valence-electron chi connectivity index (χ2n) is 4.57. The molecule has 0 aliphatic carbocycles. The summed E-state index contributed by atoms with van der Waals surface area (Å²) < 4.78 is 0. The molecule has 1 aliphatic rings. The number of likely N-dealkylation sites (tertiary alicyclic amines) is 1. The fourth-order valence-electron chi connectivity index (χ4n) is 2.12. The third kappa shape index (κ3) is 3.41. The van der Waals surface area contributed by atoms with Crippen molar-refractivity contribution in [2.24, 2.45) is 11.7 Å². The molecule has 1 saturated heterocycles. The highest BCUT2D eigenvalue weighted by Gasteiger charge is 2.39. The van der Waals surface area contributed by atoms with Crippen LogP contribution >= 0.6 is 0 Å². The molecule has 0 aromatic heterocycles. The van der Waals surface area contributed by atoms with Gasteiger partial charge in [-0.05, 0) is 19.4 Å². The molecule has 1 amide bonds. The van der Waals surface area contributed by atoms with E-state index in [9.17, 15) is 14.7 Å². The van der Waals surface area contributed by atoms with E-state index in [1.54, 1.807) is 6.92 Å². The van der Waals surface area contributed by atoms with E-state index in [2.05, 4.69) is 0 Å². The van der Waals surface area contributed by atoms with Crippen LogP contribution in [-0.2, 0) is 9.59 Å². The monoisotopic (exact) mass is 244 g/mol. The predicted molar refractivity (Wildman–Crippen MR) is 61.2 cm³/mol. The summed E-state index contributed by atoms with van der Waals surface area (Å²) >= 11 is 0. The smallest absolute Gasteiger partial charge is 0.326 e. The van der Waals surface area contributed by atoms with Gasteiger partial charge in [-0.2, -0.15) is 0 Å². The standard InChI is InChI=1S/C11H20N2O4/c1-7(3-2-4-12)10(15)13-6-8(14)5-9(13)11(16)17/h7-9,14H,2-6,12H2,1H3,(H,16,17)/t7?,8-,9+/m1/s1. The fourth-order valence-corrected chi connectivity index (χ4v) is 2.12. The average Bonchev–Trinajstić information content (AvgIpc) is 2.67. The summed E-state index contributed by atoms with van der Waals surface area (Å²) in [5.41, 5.74) is 5.37. The molecular weight excluding hydrogens is 224 g/mol. The van der Waals surface area contributed by atoms with E-state index < -0.39 is 18.1 Å². The number of carbonyl (C=O) groups is 2. The number of nitrogens with zero attached hydrogens (tertiary/aromatic N) is 1. The van der Waals surface area contributed by atoms with Crippen LogP contribution in [0.4, 0.5) is 0 Å². The maximum absolute atomic E-state index is 12.0. The number of nitrogens with two attached hydrogens (primary N) is 1. The van der Waals surface area contributed by atoms with Crippen molar-refractivity contribution < 1.29 is 19.8 Å². The molecule has 6 heteroatoms. The fraction of sp³-hybridized carbons (Fsp3) is 0.818. The van der Waals surface area contributed by atoms with Crippen LogP contribution in [0.2, 0.25) is 0 Å². The van der Waals surface area contributed by atoms with Crippen molar-refractivity contribution in [1.82, 2.24) is 4.90 Å². The minimum Gasteiger partial charge on any atom is -0.480 e. The zero-order valence-electron chi connectivity index (χ0n) is 10.0. The van der Waals surface area contributed by atoms with Crippen LogP contribution in [0, 0.1) is 5.92 Å².